The molecule has 15 heavy (non-hydrogen) atoms. The van der Waals surface area contributed by atoms with Crippen LogP contribution in [0, 0.1) is 0 Å². The number of nitrogens with one attached hydrogen (secondary N) is 1. The summed E-state index contributed by atoms with van der Waals surface area (Å²) in [5.74, 6) is 0.00315. The fourth-order valence-electron chi connectivity index (χ4n) is 1.32. The lowest BCUT2D eigenvalue weighted by molar-refractivity contribution is -0.122. The molecule has 4 heteroatoms. The first-order chi connectivity index (χ1) is 6.88. The van der Waals surface area contributed by atoms with Gasteiger partial charge in [0, 0.05) is 16.8 Å². The number of thiophene rings is 1. The Labute approximate surface area is 94.7 Å². The molecule has 1 amide bonds. The third-order valence-electron chi connectivity index (χ3n) is 1.96. The minimum atomic E-state index is -0.445. The largest absolute Gasteiger partial charge is 0.349 e. The Hall–Kier alpha value is -0.870. The first-order valence-corrected chi connectivity index (χ1v) is 5.88. The van der Waals surface area contributed by atoms with Crippen LogP contribution in [-0.2, 0) is 4.79 Å². The van der Waals surface area contributed by atoms with Gasteiger partial charge in [0.05, 0.1) is 6.04 Å². The maximum Gasteiger partial charge on any atom is 0.222 e. The number of hydrogen-bond acceptors (Lipinski definition) is 3. The van der Waals surface area contributed by atoms with Gasteiger partial charge in [-0.1, -0.05) is 6.07 Å². The Morgan fingerprint density at radius 3 is 2.80 bits per heavy atom. The van der Waals surface area contributed by atoms with Gasteiger partial charge in [-0.05, 0) is 32.2 Å². The van der Waals surface area contributed by atoms with Gasteiger partial charge in [-0.15, -0.1) is 11.3 Å². The van der Waals surface area contributed by atoms with Gasteiger partial charge in [-0.3, -0.25) is 4.79 Å². The molecule has 0 spiro atoms. The fraction of sp³-hybridized carbons (Fsp3) is 0.545. The van der Waals surface area contributed by atoms with Crippen molar-refractivity contribution in [3.8, 4) is 0 Å². The van der Waals surface area contributed by atoms with Crippen LogP contribution in [0.3, 0.4) is 0 Å². The predicted octanol–water partition coefficient (Wildman–Crippen LogP) is 2.05. The van der Waals surface area contributed by atoms with Crippen molar-refractivity contribution in [2.45, 2.75) is 38.8 Å². The number of rotatable bonds is 4. The second-order valence-electron chi connectivity index (χ2n) is 4.47. The molecular formula is C11H18N2OS. The molecule has 3 nitrogen and oxygen atoms in total. The zero-order valence-electron chi connectivity index (χ0n) is 9.41. The molecule has 1 atom stereocenters. The van der Waals surface area contributed by atoms with Crippen LogP contribution in [0.2, 0.25) is 0 Å². The molecule has 1 rings (SSSR count). The van der Waals surface area contributed by atoms with E-state index in [1.54, 1.807) is 11.3 Å². The molecular weight excluding hydrogens is 208 g/mol. The second kappa shape index (κ2) is 4.77. The molecule has 0 aromatic carbocycles. The Balaban J connectivity index is 2.45. The first kappa shape index (κ1) is 12.2. The van der Waals surface area contributed by atoms with E-state index in [4.69, 9.17) is 5.73 Å². The summed E-state index contributed by atoms with van der Waals surface area (Å²) in [6, 6.07) is 4.07. The lowest BCUT2D eigenvalue weighted by Gasteiger charge is -2.19. The monoisotopic (exact) mass is 226 g/mol. The Bertz CT molecular complexity index is 314. The van der Waals surface area contributed by atoms with Crippen molar-refractivity contribution in [1.82, 2.24) is 5.32 Å². The highest BCUT2D eigenvalue weighted by Gasteiger charge is 2.18. The summed E-state index contributed by atoms with van der Waals surface area (Å²) in [7, 11) is 0. The molecule has 0 bridgehead atoms. The summed E-state index contributed by atoms with van der Waals surface area (Å²) in [6.07, 6.45) is 0.350. The predicted molar refractivity (Wildman–Crippen MR) is 63.8 cm³/mol. The highest BCUT2D eigenvalue weighted by atomic mass is 32.1. The van der Waals surface area contributed by atoms with Crippen LogP contribution in [0.25, 0.3) is 0 Å². The minimum Gasteiger partial charge on any atom is -0.349 e. The number of hydrogen-bond donors (Lipinski definition) is 2. The van der Waals surface area contributed by atoms with E-state index in [1.807, 2.05) is 38.3 Å². The smallest absolute Gasteiger partial charge is 0.222 e. The number of carbonyl (C=O) groups excluding carboxylic acids is 1. The van der Waals surface area contributed by atoms with Gasteiger partial charge in [0.1, 0.15) is 0 Å². The Morgan fingerprint density at radius 1 is 1.67 bits per heavy atom. The number of nitrogens with two attached hydrogens (primary N) is 1. The van der Waals surface area contributed by atoms with E-state index in [0.717, 1.165) is 4.88 Å². The molecule has 0 fully saturated rings. The Morgan fingerprint density at radius 2 is 2.33 bits per heavy atom. The van der Waals surface area contributed by atoms with Crippen LogP contribution in [0.5, 0.6) is 0 Å². The number of carbonyl (C=O) groups is 1. The molecule has 84 valence electrons. The molecule has 1 aromatic rings. The lowest BCUT2D eigenvalue weighted by atomic mass is 10.0. The van der Waals surface area contributed by atoms with E-state index in [1.165, 1.54) is 0 Å². The Kier molecular flexibility index (Phi) is 3.88. The van der Waals surface area contributed by atoms with Gasteiger partial charge in [0.15, 0.2) is 0 Å². The SMILES string of the molecule is CC(NC(=O)CC(C)(C)N)c1cccs1. The summed E-state index contributed by atoms with van der Waals surface area (Å²) >= 11 is 1.65. The topological polar surface area (TPSA) is 55.1 Å². The summed E-state index contributed by atoms with van der Waals surface area (Å²) < 4.78 is 0. The van der Waals surface area contributed by atoms with Crippen molar-refractivity contribution >= 4 is 17.2 Å². The summed E-state index contributed by atoms with van der Waals surface area (Å²) in [4.78, 5) is 12.7. The maximum absolute atomic E-state index is 11.6. The van der Waals surface area contributed by atoms with Gasteiger partial charge in [-0.25, -0.2) is 0 Å². The molecule has 1 aromatic heterocycles. The molecule has 0 saturated carbocycles. The zero-order valence-corrected chi connectivity index (χ0v) is 10.2. The average molecular weight is 226 g/mol. The fourth-order valence-corrected chi connectivity index (χ4v) is 2.05. The van der Waals surface area contributed by atoms with Gasteiger partial charge in [0.25, 0.3) is 0 Å². The molecule has 0 saturated heterocycles. The van der Waals surface area contributed by atoms with Gasteiger partial charge in [0.2, 0.25) is 5.91 Å². The van der Waals surface area contributed by atoms with Gasteiger partial charge in [-0.2, -0.15) is 0 Å². The zero-order chi connectivity index (χ0) is 11.5. The van der Waals surface area contributed by atoms with Crippen LogP contribution in [0.15, 0.2) is 17.5 Å². The third kappa shape index (κ3) is 4.44. The van der Waals surface area contributed by atoms with Crippen LogP contribution in [0.1, 0.15) is 38.1 Å². The highest BCUT2D eigenvalue weighted by Crippen LogP contribution is 2.18. The van der Waals surface area contributed by atoms with E-state index < -0.39 is 5.54 Å². The molecule has 0 aliphatic heterocycles. The lowest BCUT2D eigenvalue weighted by Crippen LogP contribution is -2.39. The van der Waals surface area contributed by atoms with Gasteiger partial charge >= 0.3 is 0 Å². The molecule has 0 aliphatic rings. The molecule has 3 N–H and O–H groups in total. The van der Waals surface area contributed by atoms with Crippen molar-refractivity contribution in [2.24, 2.45) is 5.73 Å². The summed E-state index contributed by atoms with van der Waals surface area (Å²) in [6.45, 7) is 5.68. The van der Waals surface area contributed by atoms with Crippen LogP contribution in [0.4, 0.5) is 0 Å². The van der Waals surface area contributed by atoms with Crippen molar-refractivity contribution < 1.29 is 4.79 Å². The van der Waals surface area contributed by atoms with E-state index >= 15 is 0 Å². The molecule has 1 heterocycles. The van der Waals surface area contributed by atoms with Crippen molar-refractivity contribution in [3.63, 3.8) is 0 Å². The van der Waals surface area contributed by atoms with Crippen LogP contribution >= 0.6 is 11.3 Å². The summed E-state index contributed by atoms with van der Waals surface area (Å²) in [5, 5.41) is 4.94. The maximum atomic E-state index is 11.6. The summed E-state index contributed by atoms with van der Waals surface area (Å²) in [5.41, 5.74) is 5.33. The molecule has 1 unspecified atom stereocenters. The van der Waals surface area contributed by atoms with Crippen LogP contribution < -0.4 is 11.1 Å². The second-order valence-corrected chi connectivity index (χ2v) is 5.45. The van der Waals surface area contributed by atoms with Crippen molar-refractivity contribution in [1.29, 1.82) is 0 Å². The highest BCUT2D eigenvalue weighted by molar-refractivity contribution is 7.10. The standard InChI is InChI=1S/C11H18N2OS/c1-8(9-5-4-6-15-9)13-10(14)7-11(2,3)12/h4-6,8H,7,12H2,1-3H3,(H,13,14). The van der Waals surface area contributed by atoms with E-state index in [2.05, 4.69) is 5.32 Å². The van der Waals surface area contributed by atoms with E-state index in [-0.39, 0.29) is 11.9 Å². The van der Waals surface area contributed by atoms with Crippen molar-refractivity contribution in [2.75, 3.05) is 0 Å². The minimum absolute atomic E-state index is 0.00315. The normalized spacial score (nSPS) is 13.6. The van der Waals surface area contributed by atoms with E-state index in [0.29, 0.717) is 6.42 Å². The third-order valence-corrected chi connectivity index (χ3v) is 3.02. The van der Waals surface area contributed by atoms with Crippen LogP contribution in [-0.4, -0.2) is 11.4 Å². The number of amides is 1. The van der Waals surface area contributed by atoms with Crippen molar-refractivity contribution in [3.05, 3.63) is 22.4 Å². The average Bonchev–Trinajstić information content (AvgIpc) is 2.50. The van der Waals surface area contributed by atoms with E-state index in [9.17, 15) is 4.79 Å². The van der Waals surface area contributed by atoms with Gasteiger partial charge < -0.3 is 11.1 Å². The molecule has 0 radical (unpaired) electrons. The molecule has 0 aliphatic carbocycles. The first-order valence-electron chi connectivity index (χ1n) is 5.00. The quantitative estimate of drug-likeness (QED) is 0.825.